The lowest BCUT2D eigenvalue weighted by atomic mass is 10.0. The minimum atomic E-state index is -0.443. The molecule has 0 spiro atoms. The third kappa shape index (κ3) is 5.11. The van der Waals surface area contributed by atoms with Crippen LogP contribution in [0.25, 0.3) is 11.1 Å². The number of hydrogen-bond acceptors (Lipinski definition) is 5. The van der Waals surface area contributed by atoms with Crippen LogP contribution in [0.1, 0.15) is 41.5 Å². The maximum Gasteiger partial charge on any atom is 0.228 e. The van der Waals surface area contributed by atoms with Gasteiger partial charge in [-0.3, -0.25) is 14.5 Å². The number of nitrogens with one attached hydrogen (secondary N) is 1. The average molecular weight is 442 g/mol. The number of anilines is 1. The van der Waals surface area contributed by atoms with Crippen molar-refractivity contribution in [3.8, 4) is 11.1 Å². The van der Waals surface area contributed by atoms with E-state index in [1.54, 1.807) is 42.9 Å². The van der Waals surface area contributed by atoms with Crippen LogP contribution in [-0.4, -0.2) is 30.6 Å². The molecular formula is C25H23FN6O. The predicted molar refractivity (Wildman–Crippen MR) is 122 cm³/mol. The Balaban J connectivity index is 1.22. The fourth-order valence-electron chi connectivity index (χ4n) is 3.58. The largest absolute Gasteiger partial charge is 0.324 e. The predicted octanol–water partition coefficient (Wildman–Crippen LogP) is 4.29. The van der Waals surface area contributed by atoms with Crippen molar-refractivity contribution in [3.63, 3.8) is 0 Å². The number of carbonyl (C=O) groups is 1. The Morgan fingerprint density at radius 2 is 1.88 bits per heavy atom. The van der Waals surface area contributed by atoms with Crippen molar-refractivity contribution >= 4 is 11.6 Å². The lowest BCUT2D eigenvalue weighted by molar-refractivity contribution is -0.115. The van der Waals surface area contributed by atoms with Crippen LogP contribution in [0.2, 0.25) is 0 Å². The molecule has 33 heavy (non-hydrogen) atoms. The van der Waals surface area contributed by atoms with E-state index in [2.05, 4.69) is 31.6 Å². The first-order valence-corrected chi connectivity index (χ1v) is 10.9. The van der Waals surface area contributed by atoms with Crippen LogP contribution >= 0.6 is 0 Å². The summed E-state index contributed by atoms with van der Waals surface area (Å²) in [4.78, 5) is 25.3. The molecule has 3 heterocycles. The number of hydrogen-bond donors (Lipinski definition) is 1. The van der Waals surface area contributed by atoms with Gasteiger partial charge in [-0.05, 0) is 54.7 Å². The highest BCUT2D eigenvalue weighted by Gasteiger charge is 2.24. The van der Waals surface area contributed by atoms with Crippen molar-refractivity contribution in [2.75, 3.05) is 5.32 Å². The first-order chi connectivity index (χ1) is 16.0. The summed E-state index contributed by atoms with van der Waals surface area (Å²) in [6, 6.07) is 8.93. The van der Waals surface area contributed by atoms with Crippen molar-refractivity contribution in [1.82, 2.24) is 24.7 Å². The molecule has 1 aliphatic carbocycles. The number of nitrogens with zero attached hydrogens (tertiary/aromatic N) is 5. The lowest BCUT2D eigenvalue weighted by Gasteiger charge is -2.08. The van der Waals surface area contributed by atoms with Gasteiger partial charge < -0.3 is 5.32 Å². The molecule has 0 unspecified atom stereocenters. The van der Waals surface area contributed by atoms with E-state index in [0.717, 1.165) is 11.3 Å². The quantitative estimate of drug-likeness (QED) is 0.462. The summed E-state index contributed by atoms with van der Waals surface area (Å²) in [5, 5.41) is 7.13. The minimum Gasteiger partial charge on any atom is -0.324 e. The maximum atomic E-state index is 14.7. The maximum absolute atomic E-state index is 14.7. The van der Waals surface area contributed by atoms with E-state index in [1.165, 1.54) is 18.9 Å². The van der Waals surface area contributed by atoms with Crippen molar-refractivity contribution in [2.24, 2.45) is 0 Å². The van der Waals surface area contributed by atoms with Gasteiger partial charge >= 0.3 is 0 Å². The van der Waals surface area contributed by atoms with Gasteiger partial charge in [-0.25, -0.2) is 14.4 Å². The second-order valence-electron chi connectivity index (χ2n) is 8.34. The molecule has 1 saturated carbocycles. The highest BCUT2D eigenvalue weighted by atomic mass is 19.1. The molecule has 1 fully saturated rings. The van der Waals surface area contributed by atoms with E-state index in [0.29, 0.717) is 40.7 Å². The summed E-state index contributed by atoms with van der Waals surface area (Å²) in [5.41, 5.74) is 4.21. The number of pyridine rings is 1. The molecule has 0 aliphatic heterocycles. The van der Waals surface area contributed by atoms with Gasteiger partial charge in [0.1, 0.15) is 11.6 Å². The summed E-state index contributed by atoms with van der Waals surface area (Å²) in [5.74, 6) is -0.0558. The summed E-state index contributed by atoms with van der Waals surface area (Å²) in [7, 11) is 0. The van der Waals surface area contributed by atoms with E-state index < -0.39 is 5.82 Å². The molecule has 5 rings (SSSR count). The monoisotopic (exact) mass is 442 g/mol. The molecule has 0 bridgehead atoms. The Kier molecular flexibility index (Phi) is 5.64. The number of rotatable bonds is 7. The topological polar surface area (TPSA) is 85.6 Å². The highest BCUT2D eigenvalue weighted by Crippen LogP contribution is 2.34. The summed E-state index contributed by atoms with van der Waals surface area (Å²) in [6.07, 6.45) is 11.8. The van der Waals surface area contributed by atoms with Crippen molar-refractivity contribution in [1.29, 1.82) is 0 Å². The second kappa shape index (κ2) is 8.90. The van der Waals surface area contributed by atoms with E-state index >= 15 is 0 Å². The number of halogens is 1. The minimum absolute atomic E-state index is 0.0655. The summed E-state index contributed by atoms with van der Waals surface area (Å²) < 4.78 is 16.7. The van der Waals surface area contributed by atoms with Gasteiger partial charge in [0.2, 0.25) is 5.91 Å². The number of carbonyl (C=O) groups excluding carboxylic acids is 1. The van der Waals surface area contributed by atoms with Gasteiger partial charge in [0.05, 0.1) is 30.5 Å². The average Bonchev–Trinajstić information content (AvgIpc) is 3.56. The number of amides is 1. The molecule has 8 heteroatoms. The zero-order valence-corrected chi connectivity index (χ0v) is 18.2. The fourth-order valence-corrected chi connectivity index (χ4v) is 3.58. The molecular weight excluding hydrogens is 419 g/mol. The van der Waals surface area contributed by atoms with E-state index in [-0.39, 0.29) is 12.3 Å². The Hall–Kier alpha value is -3.94. The molecule has 0 saturated heterocycles. The van der Waals surface area contributed by atoms with Crippen LogP contribution in [0.4, 0.5) is 10.1 Å². The molecule has 4 aromatic rings. The molecule has 1 amide bonds. The summed E-state index contributed by atoms with van der Waals surface area (Å²) in [6.45, 7) is 1.87. The first-order valence-electron chi connectivity index (χ1n) is 10.9. The lowest BCUT2D eigenvalue weighted by Crippen LogP contribution is -2.15. The number of benzene rings is 1. The van der Waals surface area contributed by atoms with Gasteiger partial charge in [-0.15, -0.1) is 0 Å². The molecule has 166 valence electrons. The Morgan fingerprint density at radius 1 is 1.06 bits per heavy atom. The highest BCUT2D eigenvalue weighted by molar-refractivity contribution is 5.92. The molecule has 1 N–H and O–H groups in total. The van der Waals surface area contributed by atoms with Gasteiger partial charge in [0, 0.05) is 36.3 Å². The van der Waals surface area contributed by atoms with Crippen LogP contribution in [-0.2, 0) is 17.6 Å². The van der Waals surface area contributed by atoms with Crippen molar-refractivity contribution in [3.05, 3.63) is 89.8 Å². The van der Waals surface area contributed by atoms with Crippen LogP contribution in [0, 0.1) is 12.7 Å². The van der Waals surface area contributed by atoms with E-state index in [1.807, 2.05) is 17.8 Å². The number of aromatic nitrogens is 5. The van der Waals surface area contributed by atoms with Gasteiger partial charge in [0.25, 0.3) is 0 Å². The Morgan fingerprint density at radius 3 is 2.58 bits per heavy atom. The van der Waals surface area contributed by atoms with Gasteiger partial charge in [-0.1, -0.05) is 12.1 Å². The SMILES string of the molecule is Cc1ccc(NC(=O)Cc2ccc(-c3cnc(Cc4cnn(C5CC5)c4)nc3)cc2F)cn1. The summed E-state index contributed by atoms with van der Waals surface area (Å²) >= 11 is 0. The van der Waals surface area contributed by atoms with Crippen LogP contribution in [0.5, 0.6) is 0 Å². The molecule has 0 radical (unpaired) electrons. The zero-order valence-electron chi connectivity index (χ0n) is 18.2. The Bertz CT molecular complexity index is 1280. The van der Waals surface area contributed by atoms with Gasteiger partial charge in [-0.2, -0.15) is 5.10 Å². The second-order valence-corrected chi connectivity index (χ2v) is 8.34. The molecule has 0 atom stereocenters. The zero-order chi connectivity index (χ0) is 22.8. The molecule has 7 nitrogen and oxygen atoms in total. The molecule has 1 aromatic carbocycles. The van der Waals surface area contributed by atoms with Crippen LogP contribution < -0.4 is 5.32 Å². The van der Waals surface area contributed by atoms with Gasteiger partial charge in [0.15, 0.2) is 0 Å². The van der Waals surface area contributed by atoms with Crippen LogP contribution in [0.15, 0.2) is 61.3 Å². The molecule has 3 aromatic heterocycles. The van der Waals surface area contributed by atoms with E-state index in [9.17, 15) is 9.18 Å². The standard InChI is InChI=1S/C25H23FN6O/c1-16-2-5-21(14-27-16)31-25(33)10-19-4-3-18(9-23(19)26)20-12-28-24(29-13-20)8-17-11-30-32(15-17)22-6-7-22/h2-5,9,11-15,22H,6-8,10H2,1H3,(H,31,33). The van der Waals surface area contributed by atoms with Crippen molar-refractivity contribution < 1.29 is 9.18 Å². The van der Waals surface area contributed by atoms with Crippen LogP contribution in [0.3, 0.4) is 0 Å². The smallest absolute Gasteiger partial charge is 0.228 e. The number of aryl methyl sites for hydroxylation is 1. The molecule has 1 aliphatic rings. The van der Waals surface area contributed by atoms with E-state index in [4.69, 9.17) is 0 Å². The third-order valence-corrected chi connectivity index (χ3v) is 5.58. The fraction of sp³-hybridized carbons (Fsp3) is 0.240. The Labute approximate surface area is 190 Å². The normalized spacial score (nSPS) is 13.2. The first kappa shape index (κ1) is 20.9. The third-order valence-electron chi connectivity index (χ3n) is 5.58. The van der Waals surface area contributed by atoms with Crippen molar-refractivity contribution in [2.45, 2.75) is 38.6 Å².